The molecule has 0 aromatic carbocycles. The van der Waals surface area contributed by atoms with Crippen molar-refractivity contribution in [2.75, 3.05) is 0 Å². The first-order valence-electron chi connectivity index (χ1n) is 4.97. The smallest absolute Gasteiger partial charge is 0.136 e. The zero-order chi connectivity index (χ0) is 11.6. The Labute approximate surface area is 94.4 Å². The largest absolute Gasteiger partial charge is 0.598 e. The number of aryl methyl sites for hydroxylation is 1. The van der Waals surface area contributed by atoms with Crippen molar-refractivity contribution in [1.29, 1.82) is 0 Å². The van der Waals surface area contributed by atoms with Gasteiger partial charge < -0.3 is 9.12 Å². The highest BCUT2D eigenvalue weighted by Gasteiger charge is 2.29. The maximum Gasteiger partial charge on any atom is 0.136 e. The Morgan fingerprint density at radius 3 is 2.53 bits per heavy atom. The first-order chi connectivity index (χ1) is 6.82. The molecule has 0 spiro atoms. The predicted molar refractivity (Wildman–Crippen MR) is 62.7 cm³/mol. The van der Waals surface area contributed by atoms with Crippen LogP contribution >= 0.6 is 0 Å². The Bertz CT molecular complexity index is 319. The molecule has 0 aliphatic heterocycles. The van der Waals surface area contributed by atoms with Crippen molar-refractivity contribution in [1.82, 2.24) is 14.3 Å². The Balaban J connectivity index is 2.64. The van der Waals surface area contributed by atoms with E-state index in [0.717, 1.165) is 5.82 Å². The summed E-state index contributed by atoms with van der Waals surface area (Å²) in [5.41, 5.74) is 0. The van der Waals surface area contributed by atoms with Gasteiger partial charge in [-0.25, -0.2) is 4.98 Å². The highest BCUT2D eigenvalue weighted by Crippen LogP contribution is 2.18. The second kappa shape index (κ2) is 4.55. The molecule has 5 heteroatoms. The third-order valence-corrected chi connectivity index (χ3v) is 3.77. The van der Waals surface area contributed by atoms with Gasteiger partial charge in [0, 0.05) is 30.8 Å². The van der Waals surface area contributed by atoms with Crippen molar-refractivity contribution in [2.45, 2.75) is 38.5 Å². The minimum atomic E-state index is -1.06. The maximum atomic E-state index is 11.8. The molecule has 0 bridgehead atoms. The normalized spacial score (nSPS) is 16.4. The fraction of sp³-hybridized carbons (Fsp3) is 0.700. The molecule has 1 rings (SSSR count). The van der Waals surface area contributed by atoms with E-state index in [1.54, 1.807) is 6.20 Å². The Morgan fingerprint density at radius 1 is 1.53 bits per heavy atom. The van der Waals surface area contributed by atoms with Crippen molar-refractivity contribution in [3.05, 3.63) is 18.2 Å². The molecule has 1 aromatic heterocycles. The van der Waals surface area contributed by atoms with E-state index in [0.29, 0.717) is 0 Å². The van der Waals surface area contributed by atoms with Crippen molar-refractivity contribution in [3.8, 4) is 0 Å². The second-order valence-electron chi connectivity index (χ2n) is 4.62. The van der Waals surface area contributed by atoms with E-state index in [4.69, 9.17) is 0 Å². The molecule has 4 nitrogen and oxygen atoms in total. The second-order valence-corrected chi connectivity index (χ2v) is 6.61. The molecular weight excluding hydrogens is 210 g/mol. The van der Waals surface area contributed by atoms with E-state index < -0.39 is 11.4 Å². The topological polar surface area (TPSA) is 52.9 Å². The van der Waals surface area contributed by atoms with Crippen molar-refractivity contribution >= 4 is 11.4 Å². The monoisotopic (exact) mass is 229 g/mol. The first kappa shape index (κ1) is 12.5. The van der Waals surface area contributed by atoms with Crippen LogP contribution in [0.15, 0.2) is 12.4 Å². The van der Waals surface area contributed by atoms with Crippen LogP contribution in [0.25, 0.3) is 0 Å². The number of aromatic nitrogens is 2. The number of nitrogens with zero attached hydrogens (tertiary/aromatic N) is 2. The summed E-state index contributed by atoms with van der Waals surface area (Å²) in [5.74, 6) is 0.896. The Morgan fingerprint density at radius 2 is 2.13 bits per heavy atom. The molecule has 2 unspecified atom stereocenters. The van der Waals surface area contributed by atoms with Gasteiger partial charge in [-0.2, -0.15) is 0 Å². The summed E-state index contributed by atoms with van der Waals surface area (Å²) in [5, 5.41) is 0. The van der Waals surface area contributed by atoms with Crippen LogP contribution in [0.2, 0.25) is 0 Å². The van der Waals surface area contributed by atoms with Gasteiger partial charge in [-0.05, 0) is 27.7 Å². The lowest BCUT2D eigenvalue weighted by molar-refractivity contribution is 0.522. The lowest BCUT2D eigenvalue weighted by Crippen LogP contribution is -2.41. The number of hydrogen-bond donors (Lipinski definition) is 1. The fourth-order valence-corrected chi connectivity index (χ4v) is 1.96. The van der Waals surface area contributed by atoms with E-state index in [2.05, 4.69) is 9.71 Å². The van der Waals surface area contributed by atoms with Gasteiger partial charge in [0.15, 0.2) is 0 Å². The van der Waals surface area contributed by atoms with E-state index in [1.165, 1.54) is 0 Å². The molecule has 1 aromatic rings. The summed E-state index contributed by atoms with van der Waals surface area (Å²) in [6.45, 7) is 7.80. The summed E-state index contributed by atoms with van der Waals surface area (Å²) in [4.78, 5) is 4.22. The molecule has 15 heavy (non-hydrogen) atoms. The standard InChI is InChI=1S/C10H19N3OS/c1-8(9-11-6-7-13(9)5)12-15(14)10(2,3)4/h6-8,12H,1-5H3. The molecule has 0 saturated heterocycles. The van der Waals surface area contributed by atoms with Crippen molar-refractivity contribution in [2.24, 2.45) is 7.05 Å². The van der Waals surface area contributed by atoms with Crippen molar-refractivity contribution in [3.63, 3.8) is 0 Å². The molecule has 0 amide bonds. The zero-order valence-corrected chi connectivity index (χ0v) is 10.8. The van der Waals surface area contributed by atoms with Crippen LogP contribution in [0.1, 0.15) is 39.6 Å². The minimum Gasteiger partial charge on any atom is -0.598 e. The highest BCUT2D eigenvalue weighted by atomic mass is 32.2. The quantitative estimate of drug-likeness (QED) is 0.800. The SMILES string of the molecule is CC(N[S+]([O-])C(C)(C)C)c1nccn1C. The number of nitrogens with one attached hydrogen (secondary N) is 1. The van der Waals surface area contributed by atoms with E-state index in [-0.39, 0.29) is 10.8 Å². The molecule has 0 saturated carbocycles. The molecule has 2 atom stereocenters. The van der Waals surface area contributed by atoms with Gasteiger partial charge >= 0.3 is 0 Å². The molecular formula is C10H19N3OS. The van der Waals surface area contributed by atoms with Crippen LogP contribution < -0.4 is 4.72 Å². The van der Waals surface area contributed by atoms with Crippen LogP contribution in [0.4, 0.5) is 0 Å². The molecule has 1 heterocycles. The predicted octanol–water partition coefficient (Wildman–Crippen LogP) is 1.53. The summed E-state index contributed by atoms with van der Waals surface area (Å²) >= 11 is -1.06. The summed E-state index contributed by atoms with van der Waals surface area (Å²) < 4.78 is 16.6. The molecule has 0 aliphatic carbocycles. The van der Waals surface area contributed by atoms with Crippen LogP contribution in [-0.2, 0) is 18.4 Å². The molecule has 0 radical (unpaired) electrons. The van der Waals surface area contributed by atoms with Gasteiger partial charge in [0.1, 0.15) is 16.6 Å². The van der Waals surface area contributed by atoms with Gasteiger partial charge in [-0.1, -0.05) is 0 Å². The van der Waals surface area contributed by atoms with Gasteiger partial charge in [-0.3, -0.25) is 0 Å². The summed E-state index contributed by atoms with van der Waals surface area (Å²) in [7, 11) is 1.93. The minimum absolute atomic E-state index is 0.00921. The van der Waals surface area contributed by atoms with E-state index in [9.17, 15) is 4.55 Å². The third-order valence-electron chi connectivity index (χ3n) is 2.09. The van der Waals surface area contributed by atoms with Gasteiger partial charge in [-0.15, -0.1) is 4.72 Å². The summed E-state index contributed by atoms with van der Waals surface area (Å²) in [6, 6.07) is -0.00921. The highest BCUT2D eigenvalue weighted by molar-refractivity contribution is 7.90. The lowest BCUT2D eigenvalue weighted by Gasteiger charge is -2.26. The fourth-order valence-electron chi connectivity index (χ4n) is 1.18. The van der Waals surface area contributed by atoms with Crippen molar-refractivity contribution < 1.29 is 4.55 Å². The zero-order valence-electron chi connectivity index (χ0n) is 9.94. The van der Waals surface area contributed by atoms with Gasteiger partial charge in [0.25, 0.3) is 0 Å². The van der Waals surface area contributed by atoms with Crippen LogP contribution in [0.5, 0.6) is 0 Å². The number of rotatable bonds is 3. The number of hydrogen-bond acceptors (Lipinski definition) is 3. The maximum absolute atomic E-state index is 11.8. The number of imidazole rings is 1. The van der Waals surface area contributed by atoms with Gasteiger partial charge in [0.05, 0.1) is 0 Å². The third kappa shape index (κ3) is 3.22. The molecule has 0 aliphatic rings. The van der Waals surface area contributed by atoms with Crippen LogP contribution in [0, 0.1) is 0 Å². The average molecular weight is 229 g/mol. The molecule has 86 valence electrons. The average Bonchev–Trinajstić information content (AvgIpc) is 2.49. The van der Waals surface area contributed by atoms with Crippen LogP contribution in [0.3, 0.4) is 0 Å². The van der Waals surface area contributed by atoms with Crippen LogP contribution in [-0.4, -0.2) is 18.9 Å². The molecule has 0 fully saturated rings. The molecule has 1 N–H and O–H groups in total. The Kier molecular flexibility index (Phi) is 3.81. The van der Waals surface area contributed by atoms with E-state index in [1.807, 2.05) is 45.5 Å². The van der Waals surface area contributed by atoms with Gasteiger partial charge in [0.2, 0.25) is 0 Å². The van der Waals surface area contributed by atoms with E-state index >= 15 is 0 Å². The Hall–Kier alpha value is -0.520. The summed E-state index contributed by atoms with van der Waals surface area (Å²) in [6.07, 6.45) is 3.63. The first-order valence-corrected chi connectivity index (χ1v) is 6.12. The lowest BCUT2D eigenvalue weighted by atomic mass is 10.3.